The van der Waals surface area contributed by atoms with Gasteiger partial charge in [0.2, 0.25) is 0 Å². The molecule has 2 N–H and O–H groups in total. The van der Waals surface area contributed by atoms with Crippen molar-refractivity contribution >= 4 is 53.1 Å². The Labute approximate surface area is 295 Å². The molecule has 4 aromatic carbocycles. The third kappa shape index (κ3) is 14.2. The number of hydrogen-bond acceptors (Lipinski definition) is 4. The van der Waals surface area contributed by atoms with Gasteiger partial charge in [0.15, 0.2) is 0 Å². The smallest absolute Gasteiger partial charge is 0.135 e. The van der Waals surface area contributed by atoms with Crippen molar-refractivity contribution in [2.24, 2.45) is 9.98 Å². The molecule has 0 spiro atoms. The molecule has 0 saturated heterocycles. The van der Waals surface area contributed by atoms with Crippen molar-refractivity contribution in [1.29, 1.82) is 0 Å². The summed E-state index contributed by atoms with van der Waals surface area (Å²) in [4.78, 5) is 9.20. The maximum atomic E-state index is 10.9. The van der Waals surface area contributed by atoms with Gasteiger partial charge in [-0.05, 0) is 67.5 Å². The number of benzene rings is 4. The summed E-state index contributed by atoms with van der Waals surface area (Å²) in [5, 5.41) is 23.0. The molecule has 0 saturated carbocycles. The second kappa shape index (κ2) is 24.7. The van der Waals surface area contributed by atoms with E-state index in [1.165, 1.54) is 0 Å². The Morgan fingerprint density at radius 1 is 0.667 bits per heavy atom. The van der Waals surface area contributed by atoms with Gasteiger partial charge in [-0.2, -0.15) is 12.8 Å². The van der Waals surface area contributed by atoms with Gasteiger partial charge in [-0.25, -0.2) is 0 Å². The van der Waals surface area contributed by atoms with Crippen molar-refractivity contribution in [3.8, 4) is 11.5 Å². The summed E-state index contributed by atoms with van der Waals surface area (Å²) in [7, 11) is 5.19. The average molecular weight is 730 g/mol. The first kappa shape index (κ1) is 44.6. The molecule has 0 fully saturated rings. The normalized spacial score (nSPS) is 9.87. The van der Waals surface area contributed by atoms with Crippen LogP contribution >= 0.6 is 18.5 Å². The van der Waals surface area contributed by atoms with Gasteiger partial charge in [-0.3, -0.25) is 9.98 Å². The maximum absolute atomic E-state index is 10.9. The topological polar surface area (TPSA) is 65.2 Å². The van der Waals surface area contributed by atoms with E-state index in [0.29, 0.717) is 16.5 Å². The van der Waals surface area contributed by atoms with Gasteiger partial charge in [-0.15, -0.1) is 24.2 Å². The zero-order valence-corrected chi connectivity index (χ0v) is 30.9. The number of rotatable bonds is 6. The van der Waals surface area contributed by atoms with Crippen LogP contribution in [0.25, 0.3) is 10.8 Å². The minimum Gasteiger partial charge on any atom is -0.506 e. The monoisotopic (exact) mass is 728 g/mol. The Balaban J connectivity index is 0. The molecule has 0 aliphatic heterocycles. The first-order valence-electron chi connectivity index (χ1n) is 14.1. The number of para-hydroxylation sites is 2. The van der Waals surface area contributed by atoms with Crippen molar-refractivity contribution in [2.75, 3.05) is 12.3 Å². The van der Waals surface area contributed by atoms with Gasteiger partial charge in [0.1, 0.15) is 11.5 Å². The molecule has 4 rings (SSSR count). The van der Waals surface area contributed by atoms with E-state index in [1.807, 2.05) is 76.2 Å². The van der Waals surface area contributed by atoms with Gasteiger partial charge < -0.3 is 24.1 Å². The third-order valence-corrected chi connectivity index (χ3v) is 6.96. The molecule has 2 atom stereocenters. The van der Waals surface area contributed by atoms with E-state index in [4.69, 9.17) is 0 Å². The van der Waals surface area contributed by atoms with Crippen molar-refractivity contribution in [3.63, 3.8) is 0 Å². The number of aliphatic imine (C=N–C) groups is 2. The van der Waals surface area contributed by atoms with Crippen molar-refractivity contribution < 1.29 is 43.2 Å². The zero-order valence-electron chi connectivity index (χ0n) is 26.7. The SMILES string of the molecule is C=C=C.Cc1cccc(C)c1N=Cc1ccc2ccc(C=Nc3c(C)cccc3C)c(O)c2c1O.[CH2-]CCP.[CH2-]CCP.[Ni].[Ni]. The summed E-state index contributed by atoms with van der Waals surface area (Å²) < 4.78 is 0. The van der Waals surface area contributed by atoms with E-state index in [2.05, 4.69) is 61.2 Å². The van der Waals surface area contributed by atoms with Gasteiger partial charge in [0.05, 0.1) is 16.8 Å². The quantitative estimate of drug-likeness (QED) is 0.0682. The maximum Gasteiger partial charge on any atom is 0.135 e. The van der Waals surface area contributed by atoms with Crippen LogP contribution in [0.15, 0.2) is 89.5 Å². The summed E-state index contributed by atoms with van der Waals surface area (Å²) >= 11 is 0. The average Bonchev–Trinajstić information content (AvgIpc) is 2.99. The van der Waals surface area contributed by atoms with Crippen molar-refractivity contribution in [1.82, 2.24) is 0 Å². The van der Waals surface area contributed by atoms with E-state index in [0.717, 1.165) is 64.2 Å². The summed E-state index contributed by atoms with van der Waals surface area (Å²) in [6.07, 6.45) is 7.59. The van der Waals surface area contributed by atoms with Crippen LogP contribution in [0.2, 0.25) is 0 Å². The van der Waals surface area contributed by atoms with E-state index in [-0.39, 0.29) is 44.5 Å². The summed E-state index contributed by atoms with van der Waals surface area (Å²) in [5.74, 6) is -0.00498. The number of aryl methyl sites for hydroxylation is 4. The number of aromatic hydroxyl groups is 2. The van der Waals surface area contributed by atoms with Crippen LogP contribution in [0.5, 0.6) is 11.5 Å². The van der Waals surface area contributed by atoms with Crippen LogP contribution in [-0.4, -0.2) is 35.0 Å². The third-order valence-electron chi connectivity index (χ3n) is 6.15. The number of nitrogens with zero attached hydrogens (tertiary/aromatic N) is 2. The zero-order chi connectivity index (χ0) is 32.4. The van der Waals surface area contributed by atoms with E-state index < -0.39 is 0 Å². The van der Waals surface area contributed by atoms with Gasteiger partial charge in [0.25, 0.3) is 0 Å². The molecule has 45 heavy (non-hydrogen) atoms. The number of phenolic OH excluding ortho intramolecular Hbond substituents is 2. The molecule has 0 heterocycles. The van der Waals surface area contributed by atoms with Crippen LogP contribution in [0.4, 0.5) is 11.4 Å². The second-order valence-corrected chi connectivity index (χ2v) is 10.8. The Kier molecular flexibility index (Phi) is 24.4. The van der Waals surface area contributed by atoms with Crippen LogP contribution in [0.3, 0.4) is 0 Å². The van der Waals surface area contributed by atoms with Gasteiger partial charge >= 0.3 is 0 Å². The first-order valence-corrected chi connectivity index (χ1v) is 15.7. The first-order chi connectivity index (χ1) is 20.6. The Hall–Kier alpha value is -2.55. The molecule has 2 unspecified atom stereocenters. The summed E-state index contributed by atoms with van der Waals surface area (Å²) in [5.41, 5.74) is 9.35. The fraction of sp³-hybridized carbons (Fsp3) is 0.216. The molecule has 248 valence electrons. The molecule has 0 bridgehead atoms. The van der Waals surface area contributed by atoms with E-state index in [1.54, 1.807) is 24.6 Å². The van der Waals surface area contributed by atoms with Crippen LogP contribution in [0, 0.1) is 41.5 Å². The number of phenols is 2. The van der Waals surface area contributed by atoms with E-state index in [9.17, 15) is 10.2 Å². The minimum absolute atomic E-state index is 0. The number of fused-ring (bicyclic) bond motifs is 1. The van der Waals surface area contributed by atoms with Crippen molar-refractivity contribution in [3.05, 3.63) is 127 Å². The molecule has 0 amide bonds. The minimum atomic E-state index is -0.00249. The Morgan fingerprint density at radius 3 is 1.22 bits per heavy atom. The van der Waals surface area contributed by atoms with Gasteiger partial charge in [0, 0.05) is 56.5 Å². The molecular formula is C37H46N2Ni2O2P2-2. The number of hydrogen-bond donors (Lipinski definition) is 2. The molecule has 0 radical (unpaired) electrons. The summed E-state index contributed by atoms with van der Waals surface area (Å²) in [6.45, 7) is 21.4. The molecule has 4 aromatic rings. The Morgan fingerprint density at radius 2 is 0.956 bits per heavy atom. The fourth-order valence-corrected chi connectivity index (χ4v) is 3.91. The second-order valence-electron chi connectivity index (χ2n) is 9.64. The van der Waals surface area contributed by atoms with E-state index >= 15 is 0 Å². The largest absolute Gasteiger partial charge is 0.506 e. The standard InChI is InChI=1S/C28H26N2O2.2C3H8P.C3H4.2Ni/c1-17-7-5-8-18(2)25(17)29-15-22-13-11-21-12-14-23(28(32)24(21)27(22)31)16-30-26-19(3)9-6-10-20(26)4;2*1-2-3-4;1-3-2;;/h5-16,31-32H,1-4H3;2*1-4H2;1-2H2;;/q;2*-1;;;. The molecule has 0 aromatic heterocycles. The van der Waals surface area contributed by atoms with Crippen LogP contribution < -0.4 is 0 Å². The fourth-order valence-electron chi connectivity index (χ4n) is 3.91. The van der Waals surface area contributed by atoms with Crippen molar-refractivity contribution in [2.45, 2.75) is 40.5 Å². The molecule has 4 nitrogen and oxygen atoms in total. The predicted molar refractivity (Wildman–Crippen MR) is 197 cm³/mol. The summed E-state index contributed by atoms with van der Waals surface area (Å²) in [6, 6.07) is 19.4. The molecule has 8 heteroatoms. The molecule has 0 aliphatic rings. The van der Waals surface area contributed by atoms with Crippen LogP contribution in [-0.2, 0) is 33.0 Å². The van der Waals surface area contributed by atoms with Crippen LogP contribution in [0.1, 0.15) is 46.2 Å². The molecule has 0 aliphatic carbocycles. The predicted octanol–water partition coefficient (Wildman–Crippen LogP) is 10.1. The van der Waals surface area contributed by atoms with Gasteiger partial charge in [-0.1, -0.05) is 74.0 Å². The molecular weight excluding hydrogens is 684 g/mol. The Bertz CT molecular complexity index is 1410.